The zero-order valence-electron chi connectivity index (χ0n) is 17.1. The van der Waals surface area contributed by atoms with Crippen LogP contribution in [0.15, 0.2) is 76.7 Å². The summed E-state index contributed by atoms with van der Waals surface area (Å²) in [5.41, 5.74) is 2.10. The van der Waals surface area contributed by atoms with Crippen molar-refractivity contribution in [2.24, 2.45) is 0 Å². The van der Waals surface area contributed by atoms with E-state index in [2.05, 4.69) is 10.3 Å². The molecule has 4 aromatic rings. The summed E-state index contributed by atoms with van der Waals surface area (Å²) in [5, 5.41) is 4.12. The molecule has 0 atom stereocenters. The first-order valence-electron chi connectivity index (χ1n) is 9.84. The van der Waals surface area contributed by atoms with Gasteiger partial charge in [-0.2, -0.15) is 0 Å². The van der Waals surface area contributed by atoms with Gasteiger partial charge < -0.3 is 5.32 Å². The van der Waals surface area contributed by atoms with Gasteiger partial charge in [0, 0.05) is 11.6 Å². The second-order valence-electron chi connectivity index (χ2n) is 7.18. The summed E-state index contributed by atoms with van der Waals surface area (Å²) in [6.07, 6.45) is 0. The Morgan fingerprint density at radius 3 is 2.72 bits per heavy atom. The molecule has 1 N–H and O–H groups in total. The number of hydrogen-bond donors (Lipinski definition) is 1. The first kappa shape index (κ1) is 22.0. The molecule has 162 valence electrons. The van der Waals surface area contributed by atoms with E-state index < -0.39 is 0 Å². The highest BCUT2D eigenvalue weighted by atomic mass is 35.5. The van der Waals surface area contributed by atoms with E-state index in [0.29, 0.717) is 37.9 Å². The van der Waals surface area contributed by atoms with Crippen molar-refractivity contribution in [1.29, 1.82) is 0 Å². The van der Waals surface area contributed by atoms with Crippen LogP contribution in [0.1, 0.15) is 11.1 Å². The van der Waals surface area contributed by atoms with Crippen LogP contribution in [0, 0.1) is 12.7 Å². The maximum Gasteiger partial charge on any atom is 0.266 e. The molecule has 0 aliphatic heterocycles. The minimum atomic E-state index is -0.308. The zero-order valence-corrected chi connectivity index (χ0v) is 18.7. The molecule has 0 unspecified atom stereocenters. The van der Waals surface area contributed by atoms with E-state index in [1.807, 2.05) is 0 Å². The third-order valence-electron chi connectivity index (χ3n) is 4.87. The fraction of sp³-hybridized carbons (Fsp3) is 0.125. The van der Waals surface area contributed by atoms with Gasteiger partial charge in [0.25, 0.3) is 5.56 Å². The van der Waals surface area contributed by atoms with Crippen LogP contribution in [0.2, 0.25) is 5.02 Å². The van der Waals surface area contributed by atoms with Crippen LogP contribution in [0.25, 0.3) is 16.6 Å². The van der Waals surface area contributed by atoms with Gasteiger partial charge in [-0.05, 0) is 54.4 Å². The first-order chi connectivity index (χ1) is 15.4. The lowest BCUT2D eigenvalue weighted by Gasteiger charge is -2.13. The third-order valence-corrected chi connectivity index (χ3v) is 6.04. The van der Waals surface area contributed by atoms with Gasteiger partial charge in [0.05, 0.1) is 22.3 Å². The summed E-state index contributed by atoms with van der Waals surface area (Å²) in [6.45, 7) is 1.90. The SMILES string of the molecule is Cc1ccc(CNC(=O)CSc2nc3ccccc3c(=O)n2-c2cccc(Cl)c2)cc1F. The number of nitrogens with zero attached hydrogens (tertiary/aromatic N) is 2. The maximum absolute atomic E-state index is 13.7. The number of halogens is 2. The molecular formula is C24H19ClFN3O2S. The van der Waals surface area contributed by atoms with Gasteiger partial charge >= 0.3 is 0 Å². The molecule has 0 fully saturated rings. The van der Waals surface area contributed by atoms with Gasteiger partial charge in [0.2, 0.25) is 5.91 Å². The molecule has 3 aromatic carbocycles. The molecular weight excluding hydrogens is 449 g/mol. The van der Waals surface area contributed by atoms with E-state index in [0.717, 1.165) is 11.8 Å². The second kappa shape index (κ2) is 9.54. The topological polar surface area (TPSA) is 64.0 Å². The Hall–Kier alpha value is -3.16. The lowest BCUT2D eigenvalue weighted by Crippen LogP contribution is -2.26. The molecule has 0 spiro atoms. The Labute approximate surface area is 193 Å². The van der Waals surface area contributed by atoms with Crippen molar-refractivity contribution in [2.45, 2.75) is 18.6 Å². The molecule has 32 heavy (non-hydrogen) atoms. The average molecular weight is 468 g/mol. The standard InChI is InChI=1S/C24H19ClFN3O2S/c1-15-9-10-16(11-20(15)26)13-27-22(30)14-32-24-28-21-8-3-2-7-19(21)23(31)29(24)18-6-4-5-17(25)12-18/h2-12H,13-14H2,1H3,(H,27,30). The van der Waals surface area contributed by atoms with Gasteiger partial charge in [-0.15, -0.1) is 0 Å². The predicted molar refractivity (Wildman–Crippen MR) is 126 cm³/mol. The molecule has 0 radical (unpaired) electrons. The number of rotatable bonds is 6. The van der Waals surface area contributed by atoms with Crippen LogP contribution in [0.4, 0.5) is 4.39 Å². The van der Waals surface area contributed by atoms with Gasteiger partial charge in [0.15, 0.2) is 5.16 Å². The molecule has 0 bridgehead atoms. The van der Waals surface area contributed by atoms with Crippen molar-refractivity contribution in [3.63, 3.8) is 0 Å². The van der Waals surface area contributed by atoms with E-state index >= 15 is 0 Å². The van der Waals surface area contributed by atoms with Crippen molar-refractivity contribution >= 4 is 40.2 Å². The van der Waals surface area contributed by atoms with Gasteiger partial charge in [-0.1, -0.05) is 53.7 Å². The number of para-hydroxylation sites is 1. The molecule has 0 aliphatic carbocycles. The van der Waals surface area contributed by atoms with E-state index in [1.165, 1.54) is 10.6 Å². The molecule has 0 saturated carbocycles. The van der Waals surface area contributed by atoms with E-state index in [4.69, 9.17) is 11.6 Å². The lowest BCUT2D eigenvalue weighted by atomic mass is 10.1. The van der Waals surface area contributed by atoms with Crippen molar-refractivity contribution in [2.75, 3.05) is 5.75 Å². The van der Waals surface area contributed by atoms with Crippen LogP contribution in [0.5, 0.6) is 0 Å². The number of carbonyl (C=O) groups excluding carboxylic acids is 1. The molecule has 4 rings (SSSR count). The Morgan fingerprint density at radius 1 is 1.12 bits per heavy atom. The highest BCUT2D eigenvalue weighted by Crippen LogP contribution is 2.23. The van der Waals surface area contributed by atoms with Crippen LogP contribution >= 0.6 is 23.4 Å². The number of carbonyl (C=O) groups is 1. The number of nitrogens with one attached hydrogen (secondary N) is 1. The van der Waals surface area contributed by atoms with Gasteiger partial charge in [-0.25, -0.2) is 9.37 Å². The van der Waals surface area contributed by atoms with Crippen LogP contribution in [-0.4, -0.2) is 21.2 Å². The fourth-order valence-electron chi connectivity index (χ4n) is 3.18. The third kappa shape index (κ3) is 4.84. The van der Waals surface area contributed by atoms with Crippen molar-refractivity contribution in [3.05, 3.63) is 99.1 Å². The molecule has 0 aliphatic rings. The summed E-state index contributed by atoms with van der Waals surface area (Å²) in [7, 11) is 0. The average Bonchev–Trinajstić information content (AvgIpc) is 2.78. The molecule has 1 aromatic heterocycles. The zero-order chi connectivity index (χ0) is 22.7. The second-order valence-corrected chi connectivity index (χ2v) is 8.56. The highest BCUT2D eigenvalue weighted by molar-refractivity contribution is 7.99. The fourth-order valence-corrected chi connectivity index (χ4v) is 4.21. The Bertz CT molecular complexity index is 1370. The summed E-state index contributed by atoms with van der Waals surface area (Å²) in [6, 6.07) is 18.8. The van der Waals surface area contributed by atoms with Gasteiger partial charge in [-0.3, -0.25) is 14.2 Å². The minimum Gasteiger partial charge on any atom is -0.351 e. The number of hydrogen-bond acceptors (Lipinski definition) is 4. The molecule has 0 saturated heterocycles. The normalized spacial score (nSPS) is 11.0. The Morgan fingerprint density at radius 2 is 1.94 bits per heavy atom. The quantitative estimate of drug-likeness (QED) is 0.324. The summed E-state index contributed by atoms with van der Waals surface area (Å²) in [5.74, 6) is -0.521. The molecule has 5 nitrogen and oxygen atoms in total. The Kier molecular flexibility index (Phi) is 6.58. The van der Waals surface area contributed by atoms with Crippen LogP contribution in [0.3, 0.4) is 0 Å². The van der Waals surface area contributed by atoms with Gasteiger partial charge in [0.1, 0.15) is 5.82 Å². The maximum atomic E-state index is 13.7. The molecule has 1 amide bonds. The predicted octanol–water partition coefficient (Wildman–Crippen LogP) is 4.90. The number of aromatic nitrogens is 2. The number of fused-ring (bicyclic) bond motifs is 1. The highest BCUT2D eigenvalue weighted by Gasteiger charge is 2.15. The summed E-state index contributed by atoms with van der Waals surface area (Å²) < 4.78 is 15.2. The molecule has 1 heterocycles. The number of amides is 1. The monoisotopic (exact) mass is 467 g/mol. The molecule has 8 heteroatoms. The Balaban J connectivity index is 1.58. The summed E-state index contributed by atoms with van der Waals surface area (Å²) in [4.78, 5) is 30.2. The smallest absolute Gasteiger partial charge is 0.266 e. The largest absolute Gasteiger partial charge is 0.351 e. The first-order valence-corrected chi connectivity index (χ1v) is 11.2. The van der Waals surface area contributed by atoms with E-state index in [1.54, 1.807) is 67.6 Å². The number of thioether (sulfide) groups is 1. The lowest BCUT2D eigenvalue weighted by molar-refractivity contribution is -0.118. The van der Waals surface area contributed by atoms with Crippen molar-refractivity contribution in [3.8, 4) is 5.69 Å². The van der Waals surface area contributed by atoms with Crippen LogP contribution < -0.4 is 10.9 Å². The number of benzene rings is 3. The van der Waals surface area contributed by atoms with Crippen molar-refractivity contribution in [1.82, 2.24) is 14.9 Å². The van der Waals surface area contributed by atoms with E-state index in [9.17, 15) is 14.0 Å². The number of aryl methyl sites for hydroxylation is 1. The van der Waals surface area contributed by atoms with Crippen LogP contribution in [-0.2, 0) is 11.3 Å². The minimum absolute atomic E-state index is 0.0414. The summed E-state index contributed by atoms with van der Waals surface area (Å²) >= 11 is 7.28. The van der Waals surface area contributed by atoms with Crippen molar-refractivity contribution < 1.29 is 9.18 Å². The van der Waals surface area contributed by atoms with E-state index in [-0.39, 0.29) is 29.6 Å².